The van der Waals surface area contributed by atoms with Crippen LogP contribution >= 0.6 is 0 Å². The first kappa shape index (κ1) is 16.9. The molecule has 0 aliphatic carbocycles. The maximum Gasteiger partial charge on any atom is 0.272 e. The predicted molar refractivity (Wildman–Crippen MR) is 81.0 cm³/mol. The molecule has 1 unspecified atom stereocenters. The van der Waals surface area contributed by atoms with Crippen molar-refractivity contribution < 1.29 is 9.59 Å². The van der Waals surface area contributed by atoms with Crippen LogP contribution in [0.15, 0.2) is 12.1 Å². The van der Waals surface area contributed by atoms with Crippen molar-refractivity contribution in [3.8, 4) is 0 Å². The summed E-state index contributed by atoms with van der Waals surface area (Å²) in [7, 11) is 0. The molecule has 0 saturated carbocycles. The van der Waals surface area contributed by atoms with Gasteiger partial charge in [0.1, 0.15) is 11.9 Å². The average Bonchev–Trinajstić information content (AvgIpc) is 2.44. The van der Waals surface area contributed by atoms with Crippen LogP contribution in [-0.2, 0) is 4.79 Å². The van der Waals surface area contributed by atoms with E-state index >= 15 is 0 Å². The van der Waals surface area contributed by atoms with E-state index in [0.717, 1.165) is 13.0 Å². The fourth-order valence-electron chi connectivity index (χ4n) is 1.55. The first-order chi connectivity index (χ1) is 9.93. The Hall–Kier alpha value is -2.18. The monoisotopic (exact) mass is 293 g/mol. The summed E-state index contributed by atoms with van der Waals surface area (Å²) < 4.78 is 0. The molecule has 0 saturated heterocycles. The SMILES string of the molecule is CCCNc1ccc(C(=O)NC(C)C(=O)NC(C)C)nn1. The van der Waals surface area contributed by atoms with Crippen LogP contribution in [0, 0.1) is 0 Å². The smallest absolute Gasteiger partial charge is 0.272 e. The molecule has 0 fully saturated rings. The number of rotatable bonds is 7. The van der Waals surface area contributed by atoms with Crippen molar-refractivity contribution in [3.63, 3.8) is 0 Å². The van der Waals surface area contributed by atoms with Crippen molar-refractivity contribution in [2.24, 2.45) is 0 Å². The molecule has 1 aromatic rings. The first-order valence-electron chi connectivity index (χ1n) is 7.12. The number of carbonyl (C=O) groups excluding carboxylic acids is 2. The van der Waals surface area contributed by atoms with E-state index in [1.807, 2.05) is 20.8 Å². The summed E-state index contributed by atoms with van der Waals surface area (Å²) in [5.74, 6) is -0.0255. The molecule has 21 heavy (non-hydrogen) atoms. The maximum absolute atomic E-state index is 12.0. The molecular weight excluding hydrogens is 270 g/mol. The lowest BCUT2D eigenvalue weighted by Gasteiger charge is -2.15. The summed E-state index contributed by atoms with van der Waals surface area (Å²) in [4.78, 5) is 23.7. The number of anilines is 1. The number of carbonyl (C=O) groups is 2. The van der Waals surface area contributed by atoms with Gasteiger partial charge in [0.25, 0.3) is 5.91 Å². The summed E-state index contributed by atoms with van der Waals surface area (Å²) in [5, 5.41) is 16.2. The fraction of sp³-hybridized carbons (Fsp3) is 0.571. The molecule has 1 atom stereocenters. The quantitative estimate of drug-likeness (QED) is 0.695. The molecule has 116 valence electrons. The van der Waals surface area contributed by atoms with Crippen molar-refractivity contribution in [2.45, 2.75) is 46.2 Å². The van der Waals surface area contributed by atoms with E-state index in [2.05, 4.69) is 26.1 Å². The minimum absolute atomic E-state index is 0.0283. The largest absolute Gasteiger partial charge is 0.369 e. The maximum atomic E-state index is 12.0. The van der Waals surface area contributed by atoms with E-state index < -0.39 is 11.9 Å². The van der Waals surface area contributed by atoms with Crippen molar-refractivity contribution in [1.82, 2.24) is 20.8 Å². The van der Waals surface area contributed by atoms with Gasteiger partial charge in [0.05, 0.1) is 0 Å². The Morgan fingerprint density at radius 1 is 1.14 bits per heavy atom. The standard InChI is InChI=1S/C14H23N5O2/c1-5-8-15-12-7-6-11(18-19-12)14(21)17-10(4)13(20)16-9(2)3/h6-7,9-10H,5,8H2,1-4H3,(H,15,19)(H,16,20)(H,17,21). The van der Waals surface area contributed by atoms with E-state index in [4.69, 9.17) is 0 Å². The number of hydrogen-bond acceptors (Lipinski definition) is 5. The van der Waals surface area contributed by atoms with Crippen LogP contribution in [-0.4, -0.2) is 40.6 Å². The molecule has 1 heterocycles. The Bertz CT molecular complexity index is 473. The van der Waals surface area contributed by atoms with Gasteiger partial charge in [-0.2, -0.15) is 0 Å². The Labute approximate surface area is 124 Å². The molecule has 1 rings (SSSR count). The molecule has 0 radical (unpaired) electrons. The topological polar surface area (TPSA) is 96.0 Å². The summed E-state index contributed by atoms with van der Waals surface area (Å²) >= 11 is 0. The minimum atomic E-state index is -0.625. The van der Waals surface area contributed by atoms with Crippen LogP contribution in [0.1, 0.15) is 44.6 Å². The van der Waals surface area contributed by atoms with Crippen LogP contribution in [0.4, 0.5) is 5.82 Å². The molecule has 2 amide bonds. The van der Waals surface area contributed by atoms with Gasteiger partial charge in [-0.3, -0.25) is 9.59 Å². The lowest BCUT2D eigenvalue weighted by molar-refractivity contribution is -0.123. The van der Waals surface area contributed by atoms with Gasteiger partial charge in [-0.1, -0.05) is 6.92 Å². The third kappa shape index (κ3) is 5.76. The van der Waals surface area contributed by atoms with E-state index in [1.165, 1.54) is 0 Å². The summed E-state index contributed by atoms with van der Waals surface area (Å²) in [6, 6.07) is 2.67. The Morgan fingerprint density at radius 3 is 2.38 bits per heavy atom. The van der Waals surface area contributed by atoms with E-state index in [0.29, 0.717) is 5.82 Å². The predicted octanol–water partition coefficient (Wildman–Crippen LogP) is 0.941. The van der Waals surface area contributed by atoms with E-state index in [-0.39, 0.29) is 17.6 Å². The molecule has 7 heteroatoms. The Kier molecular flexibility index (Phi) is 6.58. The Balaban J connectivity index is 2.57. The van der Waals surface area contributed by atoms with E-state index in [9.17, 15) is 9.59 Å². The summed E-state index contributed by atoms with van der Waals surface area (Å²) in [6.45, 7) is 8.19. The van der Waals surface area contributed by atoms with Crippen LogP contribution < -0.4 is 16.0 Å². The molecule has 0 aliphatic heterocycles. The van der Waals surface area contributed by atoms with Crippen LogP contribution in [0.5, 0.6) is 0 Å². The van der Waals surface area contributed by atoms with Crippen molar-refractivity contribution in [3.05, 3.63) is 17.8 Å². The highest BCUT2D eigenvalue weighted by molar-refractivity contribution is 5.95. The number of nitrogens with one attached hydrogen (secondary N) is 3. The zero-order valence-corrected chi connectivity index (χ0v) is 12.9. The van der Waals surface area contributed by atoms with E-state index in [1.54, 1.807) is 19.1 Å². The number of amides is 2. The molecule has 0 aliphatic rings. The van der Waals surface area contributed by atoms with Gasteiger partial charge in [-0.05, 0) is 39.3 Å². The second-order valence-electron chi connectivity index (χ2n) is 5.09. The molecule has 0 bridgehead atoms. The molecular formula is C14H23N5O2. The number of aromatic nitrogens is 2. The van der Waals surface area contributed by atoms with Gasteiger partial charge in [-0.15, -0.1) is 10.2 Å². The van der Waals surface area contributed by atoms with Crippen LogP contribution in [0.2, 0.25) is 0 Å². The summed E-state index contributed by atoms with van der Waals surface area (Å²) in [5.41, 5.74) is 0.182. The van der Waals surface area contributed by atoms with Gasteiger partial charge in [-0.25, -0.2) is 0 Å². The molecule has 0 aromatic carbocycles. The highest BCUT2D eigenvalue weighted by Gasteiger charge is 2.18. The normalized spacial score (nSPS) is 11.9. The molecule has 3 N–H and O–H groups in total. The zero-order chi connectivity index (χ0) is 15.8. The Morgan fingerprint density at radius 2 is 1.86 bits per heavy atom. The van der Waals surface area contributed by atoms with Crippen molar-refractivity contribution in [1.29, 1.82) is 0 Å². The zero-order valence-electron chi connectivity index (χ0n) is 12.9. The molecule has 1 aromatic heterocycles. The lowest BCUT2D eigenvalue weighted by atomic mass is 10.2. The average molecular weight is 293 g/mol. The first-order valence-corrected chi connectivity index (χ1v) is 7.12. The highest BCUT2D eigenvalue weighted by Crippen LogP contribution is 2.02. The minimum Gasteiger partial charge on any atom is -0.369 e. The van der Waals surface area contributed by atoms with Gasteiger partial charge in [0.2, 0.25) is 5.91 Å². The van der Waals surface area contributed by atoms with Gasteiger partial charge in [0, 0.05) is 12.6 Å². The van der Waals surface area contributed by atoms with Crippen LogP contribution in [0.25, 0.3) is 0 Å². The second kappa shape index (κ2) is 8.18. The third-order valence-electron chi connectivity index (χ3n) is 2.63. The second-order valence-corrected chi connectivity index (χ2v) is 5.09. The van der Waals surface area contributed by atoms with Crippen molar-refractivity contribution in [2.75, 3.05) is 11.9 Å². The molecule has 7 nitrogen and oxygen atoms in total. The van der Waals surface area contributed by atoms with Gasteiger partial charge in [0.15, 0.2) is 5.69 Å². The summed E-state index contributed by atoms with van der Waals surface area (Å²) in [6.07, 6.45) is 0.979. The van der Waals surface area contributed by atoms with Gasteiger partial charge >= 0.3 is 0 Å². The third-order valence-corrected chi connectivity index (χ3v) is 2.63. The lowest BCUT2D eigenvalue weighted by Crippen LogP contribution is -2.46. The highest BCUT2D eigenvalue weighted by atomic mass is 16.2. The number of nitrogens with zero attached hydrogens (tertiary/aromatic N) is 2. The number of hydrogen-bond donors (Lipinski definition) is 3. The van der Waals surface area contributed by atoms with Crippen molar-refractivity contribution >= 4 is 17.6 Å². The van der Waals surface area contributed by atoms with Crippen LogP contribution in [0.3, 0.4) is 0 Å². The fourth-order valence-corrected chi connectivity index (χ4v) is 1.55. The molecule has 0 spiro atoms. The van der Waals surface area contributed by atoms with Gasteiger partial charge < -0.3 is 16.0 Å².